The normalized spacial score (nSPS) is 12.1. The quantitative estimate of drug-likeness (QED) is 0.793. The zero-order chi connectivity index (χ0) is 15.8. The SMILES string of the molecule is CCNC(=O)[C@H](C)N(C)CCc1ccc(OC)c(OC)c1. The lowest BCUT2D eigenvalue weighted by Crippen LogP contribution is -2.43. The van der Waals surface area contributed by atoms with Crippen LogP contribution in [0.2, 0.25) is 0 Å². The molecule has 0 saturated carbocycles. The van der Waals surface area contributed by atoms with Crippen LogP contribution in [0, 0.1) is 0 Å². The number of hydrogen-bond acceptors (Lipinski definition) is 4. The van der Waals surface area contributed by atoms with Crippen molar-refractivity contribution in [3.63, 3.8) is 0 Å². The minimum atomic E-state index is -0.134. The predicted molar refractivity (Wildman–Crippen MR) is 84.0 cm³/mol. The summed E-state index contributed by atoms with van der Waals surface area (Å²) < 4.78 is 10.5. The van der Waals surface area contributed by atoms with Gasteiger partial charge in [-0.25, -0.2) is 0 Å². The summed E-state index contributed by atoms with van der Waals surface area (Å²) in [7, 11) is 5.21. The standard InChI is InChI=1S/C16H26N2O3/c1-6-17-16(19)12(2)18(3)10-9-13-7-8-14(20-4)15(11-13)21-5/h7-8,11-12H,6,9-10H2,1-5H3,(H,17,19)/t12-/m0/s1. The van der Waals surface area contributed by atoms with Gasteiger partial charge in [-0.3, -0.25) is 9.69 Å². The van der Waals surface area contributed by atoms with Gasteiger partial charge in [0.05, 0.1) is 20.3 Å². The van der Waals surface area contributed by atoms with Crippen molar-refractivity contribution < 1.29 is 14.3 Å². The van der Waals surface area contributed by atoms with Crippen molar-refractivity contribution >= 4 is 5.91 Å². The fourth-order valence-electron chi connectivity index (χ4n) is 2.06. The maximum atomic E-state index is 11.8. The van der Waals surface area contributed by atoms with Gasteiger partial charge in [-0.2, -0.15) is 0 Å². The second-order valence-corrected chi connectivity index (χ2v) is 4.99. The molecule has 0 unspecified atom stereocenters. The van der Waals surface area contributed by atoms with Crippen LogP contribution in [-0.4, -0.2) is 51.2 Å². The monoisotopic (exact) mass is 294 g/mol. The zero-order valence-corrected chi connectivity index (χ0v) is 13.6. The molecule has 0 fully saturated rings. The fourth-order valence-corrected chi connectivity index (χ4v) is 2.06. The molecule has 0 aliphatic carbocycles. The maximum Gasteiger partial charge on any atom is 0.237 e. The van der Waals surface area contributed by atoms with Gasteiger partial charge < -0.3 is 14.8 Å². The van der Waals surface area contributed by atoms with Gasteiger partial charge in [0.15, 0.2) is 11.5 Å². The molecule has 5 heteroatoms. The fraction of sp³-hybridized carbons (Fsp3) is 0.562. The summed E-state index contributed by atoms with van der Waals surface area (Å²) in [5.41, 5.74) is 1.16. The molecular weight excluding hydrogens is 268 g/mol. The third-order valence-corrected chi connectivity index (χ3v) is 3.59. The minimum Gasteiger partial charge on any atom is -0.493 e. The molecule has 0 spiro atoms. The van der Waals surface area contributed by atoms with Crippen molar-refractivity contribution in [2.45, 2.75) is 26.3 Å². The smallest absolute Gasteiger partial charge is 0.237 e. The molecule has 0 aliphatic heterocycles. The van der Waals surface area contributed by atoms with Crippen LogP contribution in [0.15, 0.2) is 18.2 Å². The first-order valence-corrected chi connectivity index (χ1v) is 7.22. The molecule has 1 amide bonds. The van der Waals surface area contributed by atoms with Gasteiger partial charge in [-0.1, -0.05) is 6.07 Å². The second kappa shape index (κ2) is 8.52. The van der Waals surface area contributed by atoms with Crippen molar-refractivity contribution in [1.29, 1.82) is 0 Å². The van der Waals surface area contributed by atoms with Crippen molar-refractivity contribution in [2.24, 2.45) is 0 Å². The van der Waals surface area contributed by atoms with E-state index in [0.717, 1.165) is 30.0 Å². The third kappa shape index (κ3) is 4.93. The van der Waals surface area contributed by atoms with Crippen LogP contribution >= 0.6 is 0 Å². The number of hydrogen-bond donors (Lipinski definition) is 1. The van der Waals surface area contributed by atoms with Crippen molar-refractivity contribution in [2.75, 3.05) is 34.4 Å². The van der Waals surface area contributed by atoms with E-state index in [0.29, 0.717) is 6.54 Å². The Morgan fingerprint density at radius 1 is 1.29 bits per heavy atom. The van der Waals surface area contributed by atoms with Crippen LogP contribution in [0.3, 0.4) is 0 Å². The van der Waals surface area contributed by atoms with Crippen LogP contribution in [0.25, 0.3) is 0 Å². The zero-order valence-electron chi connectivity index (χ0n) is 13.6. The Balaban J connectivity index is 2.60. The van der Waals surface area contributed by atoms with E-state index in [1.165, 1.54) is 0 Å². The topological polar surface area (TPSA) is 50.8 Å². The number of nitrogens with one attached hydrogen (secondary N) is 1. The molecular formula is C16H26N2O3. The molecule has 0 bridgehead atoms. The number of carbonyl (C=O) groups excluding carboxylic acids is 1. The van der Waals surface area contributed by atoms with Crippen molar-refractivity contribution in [3.8, 4) is 11.5 Å². The van der Waals surface area contributed by atoms with Crippen molar-refractivity contribution in [3.05, 3.63) is 23.8 Å². The summed E-state index contributed by atoms with van der Waals surface area (Å²) in [5.74, 6) is 1.52. The van der Waals surface area contributed by atoms with Gasteiger partial charge in [0.2, 0.25) is 5.91 Å². The molecule has 21 heavy (non-hydrogen) atoms. The molecule has 0 aliphatic rings. The Morgan fingerprint density at radius 3 is 2.52 bits per heavy atom. The van der Waals surface area contributed by atoms with Crippen LogP contribution in [0.4, 0.5) is 0 Å². The number of amides is 1. The lowest BCUT2D eigenvalue weighted by atomic mass is 10.1. The molecule has 1 N–H and O–H groups in total. The lowest BCUT2D eigenvalue weighted by molar-refractivity contribution is -0.125. The number of methoxy groups -OCH3 is 2. The summed E-state index contributed by atoms with van der Waals surface area (Å²) in [6.07, 6.45) is 0.848. The van der Waals surface area contributed by atoms with E-state index in [2.05, 4.69) is 5.32 Å². The van der Waals surface area contributed by atoms with Crippen LogP contribution in [0.1, 0.15) is 19.4 Å². The van der Waals surface area contributed by atoms with E-state index in [1.807, 2.05) is 44.0 Å². The first-order chi connectivity index (χ1) is 10.0. The van der Waals surface area contributed by atoms with Gasteiger partial charge in [-0.15, -0.1) is 0 Å². The largest absolute Gasteiger partial charge is 0.493 e. The van der Waals surface area contributed by atoms with Crippen LogP contribution in [-0.2, 0) is 11.2 Å². The molecule has 0 saturated heterocycles. The summed E-state index contributed by atoms with van der Waals surface area (Å²) in [6, 6.07) is 5.77. The number of ether oxygens (including phenoxy) is 2. The highest BCUT2D eigenvalue weighted by Crippen LogP contribution is 2.27. The van der Waals surface area contributed by atoms with E-state index in [1.54, 1.807) is 14.2 Å². The van der Waals surface area contributed by atoms with Gasteiger partial charge >= 0.3 is 0 Å². The Morgan fingerprint density at radius 2 is 1.95 bits per heavy atom. The summed E-state index contributed by atoms with van der Waals surface area (Å²) >= 11 is 0. The van der Waals surface area contributed by atoms with E-state index in [4.69, 9.17) is 9.47 Å². The summed E-state index contributed by atoms with van der Waals surface area (Å²) in [4.78, 5) is 13.8. The molecule has 5 nitrogen and oxygen atoms in total. The molecule has 1 atom stereocenters. The number of carbonyl (C=O) groups is 1. The molecule has 1 aromatic rings. The number of benzene rings is 1. The van der Waals surface area contributed by atoms with Crippen LogP contribution < -0.4 is 14.8 Å². The summed E-state index contributed by atoms with van der Waals surface area (Å²) in [6.45, 7) is 5.30. The van der Waals surface area contributed by atoms with Gasteiger partial charge in [-0.05, 0) is 45.0 Å². The van der Waals surface area contributed by atoms with Gasteiger partial charge in [0.1, 0.15) is 0 Å². The highest BCUT2D eigenvalue weighted by Gasteiger charge is 2.16. The lowest BCUT2D eigenvalue weighted by Gasteiger charge is -2.23. The molecule has 1 rings (SSSR count). The van der Waals surface area contributed by atoms with Crippen molar-refractivity contribution in [1.82, 2.24) is 10.2 Å². The molecule has 118 valence electrons. The molecule has 1 aromatic carbocycles. The Kier molecular flexibility index (Phi) is 7.02. The Hall–Kier alpha value is -1.75. The van der Waals surface area contributed by atoms with E-state index < -0.39 is 0 Å². The van der Waals surface area contributed by atoms with E-state index >= 15 is 0 Å². The third-order valence-electron chi connectivity index (χ3n) is 3.59. The highest BCUT2D eigenvalue weighted by molar-refractivity contribution is 5.81. The molecule has 0 heterocycles. The number of likely N-dealkylation sites (N-methyl/N-ethyl adjacent to an activating group) is 2. The number of rotatable bonds is 8. The average molecular weight is 294 g/mol. The van der Waals surface area contributed by atoms with Gasteiger partial charge in [0, 0.05) is 13.1 Å². The van der Waals surface area contributed by atoms with E-state index in [-0.39, 0.29) is 11.9 Å². The molecule has 0 aromatic heterocycles. The second-order valence-electron chi connectivity index (χ2n) is 4.99. The first-order valence-electron chi connectivity index (χ1n) is 7.22. The predicted octanol–water partition coefficient (Wildman–Crippen LogP) is 1.70. The van der Waals surface area contributed by atoms with Gasteiger partial charge in [0.25, 0.3) is 0 Å². The van der Waals surface area contributed by atoms with Crippen LogP contribution in [0.5, 0.6) is 11.5 Å². The Bertz CT molecular complexity index is 463. The maximum absolute atomic E-state index is 11.8. The Labute approximate surface area is 127 Å². The summed E-state index contributed by atoms with van der Waals surface area (Å²) in [5, 5.41) is 2.84. The minimum absolute atomic E-state index is 0.0623. The number of nitrogens with zero attached hydrogens (tertiary/aromatic N) is 1. The van der Waals surface area contributed by atoms with E-state index in [9.17, 15) is 4.79 Å². The first kappa shape index (κ1) is 17.3. The highest BCUT2D eigenvalue weighted by atomic mass is 16.5. The molecule has 0 radical (unpaired) electrons. The average Bonchev–Trinajstić information content (AvgIpc) is 2.51.